The first-order valence-electron chi connectivity index (χ1n) is 33.3. The molecule has 0 aliphatic heterocycles. The number of ether oxygens (including phenoxy) is 1. The van der Waals surface area contributed by atoms with Crippen LogP contribution in [0.1, 0.15) is 123 Å². The number of nitrogens with zero attached hydrogens (tertiary/aromatic N) is 3. The minimum absolute atomic E-state index is 0.00854. The van der Waals surface area contributed by atoms with Crippen LogP contribution in [0.2, 0.25) is 0 Å². The van der Waals surface area contributed by atoms with Crippen molar-refractivity contribution in [1.29, 1.82) is 0 Å². The van der Waals surface area contributed by atoms with E-state index in [2.05, 4.69) is 52.8 Å². The van der Waals surface area contributed by atoms with Gasteiger partial charge in [-0.1, -0.05) is 84.7 Å². The zero-order chi connectivity index (χ0) is 79.7. The monoisotopic (exact) mass is 1570 g/mol. The number of pyridine rings is 1. The maximum Gasteiger partial charge on any atom is 0.339 e. The Balaban J connectivity index is 2.39. The molecule has 594 valence electrons. The average Bonchev–Trinajstić information content (AvgIpc) is 0.834. The lowest BCUT2D eigenvalue weighted by atomic mass is 9.94. The minimum atomic E-state index is -4.97. The van der Waals surface area contributed by atoms with E-state index >= 15 is 0 Å². The number of urea groups is 1. The molecule has 0 unspecified atom stereocenters. The molecule has 25 N–H and O–H groups in total. The number of aliphatic hydroxyl groups excluding tert-OH is 1. The maximum atomic E-state index is 14.5. The van der Waals surface area contributed by atoms with Crippen LogP contribution in [-0.4, -0.2) is 229 Å². The molecule has 0 aliphatic rings. The van der Waals surface area contributed by atoms with Crippen LogP contribution in [0.3, 0.4) is 0 Å². The number of unbranched alkanes of at least 4 members (excludes halogenated alkanes) is 1. The van der Waals surface area contributed by atoms with Gasteiger partial charge in [-0.15, -0.1) is 0 Å². The summed E-state index contributed by atoms with van der Waals surface area (Å²) in [7, 11) is -19.9. The normalized spacial score (nSPS) is 14.9. The predicted octanol–water partition coefficient (Wildman–Crippen LogP) is -3.22. The molecule has 0 saturated carbocycles. The number of rotatable bonds is 51. The zero-order valence-corrected chi connectivity index (χ0v) is 62.7. The summed E-state index contributed by atoms with van der Waals surface area (Å²) in [6.45, 7) is 7.33. The number of amides is 11. The van der Waals surface area contributed by atoms with Gasteiger partial charge in [-0.25, -0.2) is 4.79 Å². The van der Waals surface area contributed by atoms with E-state index in [-0.39, 0.29) is 81.3 Å². The summed E-state index contributed by atoms with van der Waals surface area (Å²) in [5, 5.41) is 42.2. The quantitative estimate of drug-likeness (QED) is 0.0229. The molecule has 11 amide bonds. The second-order valence-electron chi connectivity index (χ2n) is 25.7. The van der Waals surface area contributed by atoms with Crippen molar-refractivity contribution < 1.29 is 125 Å². The molecule has 2 rings (SSSR count). The van der Waals surface area contributed by atoms with Crippen LogP contribution in [0.5, 0.6) is 5.75 Å². The summed E-state index contributed by atoms with van der Waals surface area (Å²) >= 11 is 0. The fourth-order valence-electron chi connectivity index (χ4n) is 10.3. The fraction of sp³-hybridized carbons (Fsp3) is 0.633. The molecule has 0 spiro atoms. The molecule has 0 saturated heterocycles. The average molecular weight is 1570 g/mol. The Kier molecular flexibility index (Phi) is 40.4. The number of carboxylic acid groups (broad SMARTS) is 1. The topological polar surface area (TPSA) is 673 Å². The standard InChI is InChI=1S/C60H103N15O26P4/c1-7-36(5)50(58(86)70-46(27-48(62)77)56(84)69-45(24-38-15-10-9-11-16-38)55(83)67-43(18-19-49(78)79)54(82)66-42(17-12-13-20-61)53(81)68-44(52(63)80)23-35(3)4)73-59(87)51(37(6)8-2)72-57(85)47(30-76)71-60(88)64-21-14-22-101-41-25-39(28-74(31-102(89,90)91)32-103(92,93)94)65-40(26-41)29-75(33-104(95,96)97)34-105(98,99)100/h9-11,15-16,25-26,35-37,42-47,50-51,76H,7-8,12-14,17-24,27-34,61H2,1-6H3,(H2,62,77)(H2,63,80)(H,66,82)(H,67,83)(H,68,81)(H,69,84)(H,70,86)(H,72,85)(H,73,87)(H,78,79)(H2,64,71,88)(H2,89,90,91)(H2,92,93,94)(H2,95,96,97)(H2,98,99,100)/t36-,37-,42-,43-,44-,45-,46-,47-,50-,51-/m0/s1. The van der Waals surface area contributed by atoms with Crippen LogP contribution in [0.15, 0.2) is 42.5 Å². The number of hydrogen-bond acceptors (Lipinski definition) is 21. The van der Waals surface area contributed by atoms with Crippen LogP contribution in [0.25, 0.3) is 0 Å². The molecule has 41 nitrogen and oxygen atoms in total. The Morgan fingerprint density at radius 1 is 0.543 bits per heavy atom. The number of aliphatic hydroxyl groups is 1. The van der Waals surface area contributed by atoms with Gasteiger partial charge in [-0.2, -0.15) is 0 Å². The van der Waals surface area contributed by atoms with Crippen molar-refractivity contribution in [3.8, 4) is 5.75 Å². The number of aliphatic carboxylic acids is 1. The van der Waals surface area contributed by atoms with E-state index < -0.39 is 220 Å². The molecule has 1 aromatic carbocycles. The van der Waals surface area contributed by atoms with E-state index in [1.807, 2.05) is 0 Å². The Morgan fingerprint density at radius 3 is 1.41 bits per heavy atom. The third-order valence-corrected chi connectivity index (χ3v) is 18.7. The predicted molar refractivity (Wildman–Crippen MR) is 375 cm³/mol. The lowest BCUT2D eigenvalue weighted by Gasteiger charge is -2.31. The highest BCUT2D eigenvalue weighted by Gasteiger charge is 2.38. The second kappa shape index (κ2) is 45.3. The molecule has 0 fully saturated rings. The van der Waals surface area contributed by atoms with Crippen molar-refractivity contribution >= 4 is 95.5 Å². The summed E-state index contributed by atoms with van der Waals surface area (Å²) in [5.74, 6) is -12.2. The van der Waals surface area contributed by atoms with E-state index in [1.165, 1.54) is 0 Å². The molecule has 105 heavy (non-hydrogen) atoms. The van der Waals surface area contributed by atoms with Crippen LogP contribution < -0.4 is 69.8 Å². The van der Waals surface area contributed by atoms with Crippen LogP contribution in [0, 0.1) is 17.8 Å². The van der Waals surface area contributed by atoms with E-state index in [0.717, 1.165) is 12.1 Å². The first kappa shape index (κ1) is 93.7. The van der Waals surface area contributed by atoms with Gasteiger partial charge in [0.25, 0.3) is 0 Å². The molecule has 0 bridgehead atoms. The number of carbonyl (C=O) groups excluding carboxylic acids is 10. The van der Waals surface area contributed by atoms with Crippen molar-refractivity contribution in [1.82, 2.24) is 62.6 Å². The number of benzene rings is 1. The first-order valence-corrected chi connectivity index (χ1v) is 40.5. The van der Waals surface area contributed by atoms with Gasteiger partial charge >= 0.3 is 42.4 Å². The first-order chi connectivity index (χ1) is 48.7. The Hall–Kier alpha value is -7.42. The van der Waals surface area contributed by atoms with Crippen molar-refractivity contribution in [2.24, 2.45) is 35.0 Å². The fourth-order valence-corrected chi connectivity index (χ4v) is 13.5. The highest BCUT2D eigenvalue weighted by molar-refractivity contribution is 7.53. The number of aromatic nitrogens is 1. The third kappa shape index (κ3) is 39.1. The molecular formula is C60H103N15O26P4. The van der Waals surface area contributed by atoms with E-state index in [4.69, 9.17) is 21.9 Å². The molecular weight excluding hydrogens is 1470 g/mol. The lowest BCUT2D eigenvalue weighted by molar-refractivity contribution is -0.139. The Bertz CT molecular complexity index is 3320. The second-order valence-corrected chi connectivity index (χ2v) is 32.1. The number of nitrogens with one attached hydrogen (secondary N) is 9. The van der Waals surface area contributed by atoms with Gasteiger partial charge in [-0.3, -0.25) is 81.0 Å². The van der Waals surface area contributed by atoms with Crippen molar-refractivity contribution in [2.75, 3.05) is 51.4 Å². The molecule has 2 aromatic rings. The van der Waals surface area contributed by atoms with Gasteiger partial charge < -0.3 is 119 Å². The van der Waals surface area contributed by atoms with E-state index in [1.54, 1.807) is 71.9 Å². The van der Waals surface area contributed by atoms with Gasteiger partial charge in [0.15, 0.2) is 0 Å². The SMILES string of the molecule is CC[C@H](C)[C@H](NC(=O)[C@H](CO)NC(=O)NCCCOc1cc(CN(CP(=O)(O)O)CP(=O)(O)O)nc(CN(CP(=O)(O)O)CP(=O)(O)O)c1)C(=O)N[C@H](C(=O)N[C@@H](CC(N)=O)C(=O)N[C@@H](Cc1ccccc1)C(=O)N[C@@H](CCC(=O)O)C(=O)N[C@@H](CCCCN)C(=O)N[C@@H](CC(C)C)C(N)=O)[C@@H](C)CC. The lowest BCUT2D eigenvalue weighted by Crippen LogP contribution is -2.62. The van der Waals surface area contributed by atoms with Crippen molar-refractivity contribution in [3.05, 3.63) is 59.4 Å². The third-order valence-electron chi connectivity index (χ3n) is 15.7. The van der Waals surface area contributed by atoms with Crippen LogP contribution >= 0.6 is 30.4 Å². The molecule has 0 aliphatic carbocycles. The van der Waals surface area contributed by atoms with Gasteiger partial charge in [0.05, 0.1) is 31.0 Å². The molecule has 45 heteroatoms. The zero-order valence-electron chi connectivity index (χ0n) is 59.1. The number of hydrogen-bond donors (Lipinski definition) is 22. The number of carboxylic acids is 1. The Labute approximate surface area is 606 Å². The number of carbonyl (C=O) groups is 11. The molecule has 10 atom stereocenters. The van der Waals surface area contributed by atoms with Crippen LogP contribution in [-0.2, 0) is 85.7 Å². The smallest absolute Gasteiger partial charge is 0.339 e. The number of nitrogens with two attached hydrogens (primary N) is 3. The van der Waals surface area contributed by atoms with Crippen LogP contribution in [0.4, 0.5) is 4.79 Å². The van der Waals surface area contributed by atoms with Gasteiger partial charge in [0.2, 0.25) is 53.2 Å². The van der Waals surface area contributed by atoms with Gasteiger partial charge in [-0.05, 0) is 68.4 Å². The van der Waals surface area contributed by atoms with Gasteiger partial charge in [0.1, 0.15) is 79.2 Å². The summed E-state index contributed by atoms with van der Waals surface area (Å²) < 4.78 is 53.4. The molecule has 0 radical (unpaired) electrons. The number of primary amides is 2. The molecule has 1 heterocycles. The summed E-state index contributed by atoms with van der Waals surface area (Å²) in [4.78, 5) is 232. The largest absolute Gasteiger partial charge is 0.493 e. The summed E-state index contributed by atoms with van der Waals surface area (Å²) in [5.41, 5.74) is 16.9. The highest BCUT2D eigenvalue weighted by atomic mass is 31.2. The van der Waals surface area contributed by atoms with Crippen molar-refractivity contribution in [2.45, 2.75) is 174 Å². The molecule has 1 aromatic heterocycles. The minimum Gasteiger partial charge on any atom is -0.493 e. The van der Waals surface area contributed by atoms with Crippen molar-refractivity contribution in [3.63, 3.8) is 0 Å². The van der Waals surface area contributed by atoms with E-state index in [0.29, 0.717) is 28.2 Å². The van der Waals surface area contributed by atoms with Gasteiger partial charge in [0, 0.05) is 44.6 Å². The maximum absolute atomic E-state index is 14.5. The summed E-state index contributed by atoms with van der Waals surface area (Å²) in [6, 6.07) is -3.09. The summed E-state index contributed by atoms with van der Waals surface area (Å²) in [6.07, 6.45) is -5.89. The highest BCUT2D eigenvalue weighted by Crippen LogP contribution is 2.43. The van der Waals surface area contributed by atoms with E-state index in [9.17, 15) is 120 Å². The Morgan fingerprint density at radius 2 is 0.971 bits per heavy atom.